The highest BCUT2D eigenvalue weighted by Gasteiger charge is 2.45. The van der Waals surface area contributed by atoms with Crippen molar-refractivity contribution in [3.63, 3.8) is 0 Å². The lowest BCUT2D eigenvalue weighted by molar-refractivity contribution is -0.133. The lowest BCUT2D eigenvalue weighted by atomic mass is 9.79. The predicted molar refractivity (Wildman–Crippen MR) is 127 cm³/mol. The third-order valence-corrected chi connectivity index (χ3v) is 6.63. The van der Waals surface area contributed by atoms with Crippen molar-refractivity contribution >= 4 is 11.8 Å². The van der Waals surface area contributed by atoms with Gasteiger partial charge in [-0.1, -0.05) is 54.1 Å². The van der Waals surface area contributed by atoms with Crippen molar-refractivity contribution in [1.82, 2.24) is 25.0 Å². The Bertz CT molecular complexity index is 1110. The van der Waals surface area contributed by atoms with Crippen molar-refractivity contribution in [3.8, 4) is 11.1 Å². The fourth-order valence-electron chi connectivity index (χ4n) is 4.68. The number of hydrogen-bond donors (Lipinski definition) is 1. The fraction of sp³-hybridized carbons (Fsp3) is 0.385. The molecule has 33 heavy (non-hydrogen) atoms. The highest BCUT2D eigenvalue weighted by atomic mass is 16.2. The third kappa shape index (κ3) is 4.97. The molecule has 1 fully saturated rings. The topological polar surface area (TPSA) is 80.1 Å². The molecule has 0 spiro atoms. The maximum absolute atomic E-state index is 13.0. The van der Waals surface area contributed by atoms with Gasteiger partial charge < -0.3 is 10.2 Å². The van der Waals surface area contributed by atoms with Gasteiger partial charge in [0.05, 0.1) is 11.5 Å². The first-order valence-electron chi connectivity index (χ1n) is 11.4. The summed E-state index contributed by atoms with van der Waals surface area (Å²) in [6.45, 7) is 5.02. The molecule has 2 unspecified atom stereocenters. The normalized spacial score (nSPS) is 18.8. The number of amides is 2. The second-order valence-electron chi connectivity index (χ2n) is 9.10. The smallest absolute Gasteiger partial charge is 0.228 e. The van der Waals surface area contributed by atoms with Crippen LogP contribution in [0.5, 0.6) is 0 Å². The second-order valence-corrected chi connectivity index (χ2v) is 9.10. The molecule has 2 atom stereocenters. The van der Waals surface area contributed by atoms with Crippen LogP contribution in [-0.2, 0) is 16.0 Å². The fourth-order valence-corrected chi connectivity index (χ4v) is 4.68. The first-order valence-corrected chi connectivity index (χ1v) is 11.4. The first-order chi connectivity index (χ1) is 15.9. The number of nitrogens with one attached hydrogen (secondary N) is 1. The Morgan fingerprint density at radius 1 is 1.15 bits per heavy atom. The maximum Gasteiger partial charge on any atom is 0.228 e. The summed E-state index contributed by atoms with van der Waals surface area (Å²) in [5.41, 5.74) is 3.98. The third-order valence-electron chi connectivity index (χ3n) is 6.63. The molecule has 7 heteroatoms. The quantitative estimate of drug-likeness (QED) is 0.604. The standard InChI is InChI=1S/C26H31N5O2/c1-19-7-9-22(10-8-19)23-6-4-5-21(14-23)15-26(25(33)27-3)11-12-30(16-26)24(32)13-20(2)31-18-28-17-29-31/h4-10,14,17-18,20H,11-13,15-16H2,1-3H3,(H,27,33). The number of benzene rings is 2. The maximum atomic E-state index is 13.0. The summed E-state index contributed by atoms with van der Waals surface area (Å²) < 4.78 is 1.69. The summed E-state index contributed by atoms with van der Waals surface area (Å²) in [6.07, 6.45) is 4.66. The molecule has 2 amide bonds. The van der Waals surface area contributed by atoms with E-state index in [0.717, 1.165) is 16.7 Å². The zero-order chi connectivity index (χ0) is 23.4. The van der Waals surface area contributed by atoms with Crippen LogP contribution in [0.25, 0.3) is 11.1 Å². The van der Waals surface area contributed by atoms with Crippen LogP contribution in [0.2, 0.25) is 0 Å². The van der Waals surface area contributed by atoms with E-state index < -0.39 is 5.41 Å². The molecular formula is C26H31N5O2. The number of hydrogen-bond acceptors (Lipinski definition) is 4. The number of carbonyl (C=O) groups is 2. The van der Waals surface area contributed by atoms with Crippen molar-refractivity contribution in [1.29, 1.82) is 0 Å². The molecule has 0 bridgehead atoms. The monoisotopic (exact) mass is 445 g/mol. The van der Waals surface area contributed by atoms with E-state index in [-0.39, 0.29) is 17.9 Å². The van der Waals surface area contributed by atoms with Gasteiger partial charge in [0.15, 0.2) is 0 Å². The number of nitrogens with zero attached hydrogens (tertiary/aromatic N) is 4. The molecule has 1 N–H and O–H groups in total. The van der Waals surface area contributed by atoms with Crippen LogP contribution in [0.15, 0.2) is 61.2 Å². The second kappa shape index (κ2) is 9.57. The highest BCUT2D eigenvalue weighted by molar-refractivity contribution is 5.85. The Hall–Kier alpha value is -3.48. The van der Waals surface area contributed by atoms with E-state index in [1.165, 1.54) is 11.9 Å². The molecule has 7 nitrogen and oxygen atoms in total. The number of aromatic nitrogens is 3. The molecule has 0 saturated carbocycles. The largest absolute Gasteiger partial charge is 0.359 e. The van der Waals surface area contributed by atoms with Crippen LogP contribution in [0.3, 0.4) is 0 Å². The SMILES string of the molecule is CNC(=O)C1(Cc2cccc(-c3ccc(C)cc3)c2)CCN(C(=O)CC(C)n2cncn2)C1. The molecular weight excluding hydrogens is 414 g/mol. The van der Waals surface area contributed by atoms with Gasteiger partial charge in [-0.2, -0.15) is 5.10 Å². The van der Waals surface area contributed by atoms with E-state index in [4.69, 9.17) is 0 Å². The Morgan fingerprint density at radius 3 is 2.64 bits per heavy atom. The molecule has 1 aliphatic heterocycles. The van der Waals surface area contributed by atoms with E-state index in [0.29, 0.717) is 32.4 Å². The van der Waals surface area contributed by atoms with E-state index in [1.807, 2.05) is 17.9 Å². The molecule has 0 aliphatic carbocycles. The van der Waals surface area contributed by atoms with Crippen LogP contribution in [0, 0.1) is 12.3 Å². The lowest BCUT2D eigenvalue weighted by Crippen LogP contribution is -2.44. The minimum absolute atomic E-state index is 0.0112. The summed E-state index contributed by atoms with van der Waals surface area (Å²) in [5.74, 6) is 0.0278. The number of likely N-dealkylation sites (tertiary alicyclic amines) is 1. The summed E-state index contributed by atoms with van der Waals surface area (Å²) in [7, 11) is 1.67. The van der Waals surface area contributed by atoms with Crippen LogP contribution in [0.1, 0.15) is 36.9 Å². The Kier molecular flexibility index (Phi) is 6.58. The molecule has 1 aliphatic rings. The minimum Gasteiger partial charge on any atom is -0.359 e. The van der Waals surface area contributed by atoms with E-state index in [9.17, 15) is 9.59 Å². The molecule has 1 saturated heterocycles. The Morgan fingerprint density at radius 2 is 1.94 bits per heavy atom. The summed E-state index contributed by atoms with van der Waals surface area (Å²) >= 11 is 0. The Labute approximate surface area is 194 Å². The molecule has 4 rings (SSSR count). The molecule has 3 aromatic rings. The van der Waals surface area contributed by atoms with Crippen molar-refractivity contribution < 1.29 is 9.59 Å². The van der Waals surface area contributed by atoms with Gasteiger partial charge in [-0.15, -0.1) is 0 Å². The van der Waals surface area contributed by atoms with Crippen LogP contribution < -0.4 is 5.32 Å². The van der Waals surface area contributed by atoms with E-state index >= 15 is 0 Å². The zero-order valence-electron chi connectivity index (χ0n) is 19.5. The predicted octanol–water partition coefficient (Wildman–Crippen LogP) is 3.41. The minimum atomic E-state index is -0.632. The van der Waals surface area contributed by atoms with Gasteiger partial charge >= 0.3 is 0 Å². The van der Waals surface area contributed by atoms with Crippen molar-refractivity contribution in [2.75, 3.05) is 20.1 Å². The number of aryl methyl sites for hydroxylation is 1. The molecule has 1 aromatic heterocycles. The van der Waals surface area contributed by atoms with Gasteiger partial charge in [-0.3, -0.25) is 9.59 Å². The zero-order valence-corrected chi connectivity index (χ0v) is 19.5. The highest BCUT2D eigenvalue weighted by Crippen LogP contribution is 2.36. The molecule has 2 aromatic carbocycles. The van der Waals surface area contributed by atoms with Gasteiger partial charge in [0.25, 0.3) is 0 Å². The van der Waals surface area contributed by atoms with Gasteiger partial charge in [0, 0.05) is 26.6 Å². The average Bonchev–Trinajstić information content (AvgIpc) is 3.50. The first kappa shape index (κ1) is 22.7. The number of rotatable bonds is 7. The molecule has 172 valence electrons. The summed E-state index contributed by atoms with van der Waals surface area (Å²) in [6, 6.07) is 16.7. The van der Waals surface area contributed by atoms with Gasteiger partial charge in [-0.05, 0) is 43.4 Å². The average molecular weight is 446 g/mol. The summed E-state index contributed by atoms with van der Waals surface area (Å²) in [5, 5.41) is 6.97. The van der Waals surface area contributed by atoms with E-state index in [2.05, 4.69) is 64.8 Å². The van der Waals surface area contributed by atoms with Crippen molar-refractivity contribution in [2.45, 2.75) is 39.2 Å². The van der Waals surface area contributed by atoms with Gasteiger partial charge in [0.1, 0.15) is 12.7 Å². The van der Waals surface area contributed by atoms with Crippen LogP contribution >= 0.6 is 0 Å². The van der Waals surface area contributed by atoms with Gasteiger partial charge in [0.2, 0.25) is 11.8 Å². The lowest BCUT2D eigenvalue weighted by Gasteiger charge is -2.28. The van der Waals surface area contributed by atoms with Gasteiger partial charge in [-0.25, -0.2) is 9.67 Å². The summed E-state index contributed by atoms with van der Waals surface area (Å²) in [4.78, 5) is 31.8. The van der Waals surface area contributed by atoms with Crippen LogP contribution in [-0.4, -0.2) is 51.6 Å². The van der Waals surface area contributed by atoms with Crippen molar-refractivity contribution in [2.24, 2.45) is 5.41 Å². The molecule has 0 radical (unpaired) electrons. The van der Waals surface area contributed by atoms with Crippen LogP contribution in [0.4, 0.5) is 0 Å². The number of carbonyl (C=O) groups excluding carboxylic acids is 2. The van der Waals surface area contributed by atoms with Crippen molar-refractivity contribution in [3.05, 3.63) is 72.3 Å². The van der Waals surface area contributed by atoms with E-state index in [1.54, 1.807) is 18.1 Å². The molecule has 2 heterocycles. The Balaban J connectivity index is 1.50.